The number of hydrogen-bond acceptors (Lipinski definition) is 5. The molecule has 0 bridgehead atoms. The number of aromatic nitrogens is 3. The van der Waals surface area contributed by atoms with Crippen LogP contribution in [0.3, 0.4) is 0 Å². The van der Waals surface area contributed by atoms with E-state index in [1.54, 1.807) is 6.33 Å². The summed E-state index contributed by atoms with van der Waals surface area (Å²) < 4.78 is 7.14. The van der Waals surface area contributed by atoms with Crippen molar-refractivity contribution in [3.05, 3.63) is 51.1 Å². The Kier molecular flexibility index (Phi) is 4.22. The highest BCUT2D eigenvalue weighted by molar-refractivity contribution is 7.98. The Morgan fingerprint density at radius 3 is 2.82 bits per heavy atom. The summed E-state index contributed by atoms with van der Waals surface area (Å²) in [6.45, 7) is 2.01. The van der Waals surface area contributed by atoms with E-state index in [2.05, 4.69) is 10.2 Å². The first-order chi connectivity index (χ1) is 10.6. The molecule has 0 saturated heterocycles. The minimum Gasteiger partial charge on any atom is -0.423 e. The largest absolute Gasteiger partial charge is 0.423 e. The smallest absolute Gasteiger partial charge is 0.336 e. The van der Waals surface area contributed by atoms with Crippen molar-refractivity contribution in [1.29, 1.82) is 0 Å². The second kappa shape index (κ2) is 6.14. The Morgan fingerprint density at radius 1 is 1.32 bits per heavy atom. The van der Waals surface area contributed by atoms with Crippen molar-refractivity contribution in [3.63, 3.8) is 0 Å². The van der Waals surface area contributed by atoms with Crippen LogP contribution in [0.5, 0.6) is 0 Å². The van der Waals surface area contributed by atoms with Gasteiger partial charge in [0.15, 0.2) is 5.16 Å². The lowest BCUT2D eigenvalue weighted by molar-refractivity contribution is 0.559. The zero-order chi connectivity index (χ0) is 15.7. The summed E-state index contributed by atoms with van der Waals surface area (Å²) >= 11 is 7.80. The van der Waals surface area contributed by atoms with Gasteiger partial charge in [0.1, 0.15) is 11.9 Å². The van der Waals surface area contributed by atoms with Gasteiger partial charge in [0.2, 0.25) is 0 Å². The molecule has 1 aromatic carbocycles. The molecule has 0 amide bonds. The van der Waals surface area contributed by atoms with Crippen molar-refractivity contribution in [1.82, 2.24) is 14.8 Å². The molecule has 2 aromatic heterocycles. The van der Waals surface area contributed by atoms with E-state index in [4.69, 9.17) is 16.0 Å². The zero-order valence-corrected chi connectivity index (χ0v) is 13.7. The summed E-state index contributed by atoms with van der Waals surface area (Å²) in [6.07, 6.45) is 2.43. The van der Waals surface area contributed by atoms with Crippen molar-refractivity contribution in [2.45, 2.75) is 24.3 Å². The second-order valence-electron chi connectivity index (χ2n) is 4.90. The molecule has 0 saturated carbocycles. The summed E-state index contributed by atoms with van der Waals surface area (Å²) in [6, 6.07) is 5.22. The van der Waals surface area contributed by atoms with Crippen LogP contribution in [-0.2, 0) is 19.2 Å². The lowest BCUT2D eigenvalue weighted by Crippen LogP contribution is -2.01. The van der Waals surface area contributed by atoms with E-state index in [0.717, 1.165) is 28.1 Å². The molecule has 0 unspecified atom stereocenters. The maximum atomic E-state index is 11.8. The third-order valence-corrected chi connectivity index (χ3v) is 4.84. The van der Waals surface area contributed by atoms with Crippen LogP contribution < -0.4 is 5.63 Å². The van der Waals surface area contributed by atoms with Gasteiger partial charge in [-0.1, -0.05) is 30.3 Å². The molecule has 3 rings (SSSR count). The van der Waals surface area contributed by atoms with E-state index in [1.165, 1.54) is 17.8 Å². The van der Waals surface area contributed by atoms with Gasteiger partial charge < -0.3 is 8.98 Å². The molecule has 2 heterocycles. The van der Waals surface area contributed by atoms with Crippen molar-refractivity contribution < 1.29 is 4.42 Å². The maximum Gasteiger partial charge on any atom is 0.336 e. The molecule has 5 nitrogen and oxygen atoms in total. The molecule has 0 radical (unpaired) electrons. The van der Waals surface area contributed by atoms with Crippen LogP contribution in [0.15, 0.2) is 38.9 Å². The zero-order valence-electron chi connectivity index (χ0n) is 12.2. The van der Waals surface area contributed by atoms with E-state index < -0.39 is 0 Å². The van der Waals surface area contributed by atoms with E-state index in [1.807, 2.05) is 30.7 Å². The summed E-state index contributed by atoms with van der Waals surface area (Å²) in [4.78, 5) is 11.8. The number of hydrogen-bond donors (Lipinski definition) is 0. The Balaban J connectivity index is 2.03. The Bertz CT molecular complexity index is 888. The second-order valence-corrected chi connectivity index (χ2v) is 6.25. The number of halogens is 1. The monoisotopic (exact) mass is 335 g/mol. The number of aryl methyl sites for hydroxylation is 2. The van der Waals surface area contributed by atoms with Crippen LogP contribution in [-0.4, -0.2) is 14.8 Å². The highest BCUT2D eigenvalue weighted by Gasteiger charge is 2.11. The van der Waals surface area contributed by atoms with Crippen LogP contribution in [0.4, 0.5) is 0 Å². The number of thioether (sulfide) groups is 1. The molecule has 0 spiro atoms. The van der Waals surface area contributed by atoms with Gasteiger partial charge in [0.25, 0.3) is 0 Å². The fraction of sp³-hybridized carbons (Fsp3) is 0.267. The van der Waals surface area contributed by atoms with E-state index in [0.29, 0.717) is 16.4 Å². The Labute approximate surface area is 136 Å². The normalized spacial score (nSPS) is 11.2. The quantitative estimate of drug-likeness (QED) is 0.540. The van der Waals surface area contributed by atoms with Crippen LogP contribution in [0.25, 0.3) is 11.0 Å². The highest BCUT2D eigenvalue weighted by atomic mass is 35.5. The fourth-order valence-electron chi connectivity index (χ4n) is 2.22. The van der Waals surface area contributed by atoms with Gasteiger partial charge in [0, 0.05) is 29.3 Å². The number of fused-ring (bicyclic) bond motifs is 1. The van der Waals surface area contributed by atoms with Gasteiger partial charge in [-0.05, 0) is 29.7 Å². The first-order valence-electron chi connectivity index (χ1n) is 6.80. The van der Waals surface area contributed by atoms with Gasteiger partial charge in [-0.3, -0.25) is 0 Å². The van der Waals surface area contributed by atoms with Gasteiger partial charge in [0.05, 0.1) is 0 Å². The summed E-state index contributed by atoms with van der Waals surface area (Å²) in [5.41, 5.74) is 2.06. The van der Waals surface area contributed by atoms with Crippen molar-refractivity contribution >= 4 is 34.3 Å². The third-order valence-electron chi connectivity index (χ3n) is 3.40. The molecule has 114 valence electrons. The van der Waals surface area contributed by atoms with Crippen LogP contribution in [0.1, 0.15) is 18.1 Å². The van der Waals surface area contributed by atoms with Gasteiger partial charge in [-0.2, -0.15) is 0 Å². The molecule has 3 aromatic rings. The van der Waals surface area contributed by atoms with Crippen LogP contribution in [0, 0.1) is 0 Å². The predicted molar refractivity (Wildman–Crippen MR) is 87.4 cm³/mol. The molecular weight excluding hydrogens is 322 g/mol. The van der Waals surface area contributed by atoms with Crippen LogP contribution >= 0.6 is 23.4 Å². The first kappa shape index (κ1) is 15.1. The SMILES string of the molecule is CCc1cc2oc(=O)cc(CSc3nncn3C)c2cc1Cl. The number of nitrogens with zero attached hydrogens (tertiary/aromatic N) is 3. The number of rotatable bonds is 4. The molecule has 0 N–H and O–H groups in total. The first-order valence-corrected chi connectivity index (χ1v) is 8.16. The summed E-state index contributed by atoms with van der Waals surface area (Å²) in [5, 5.41) is 10.2. The summed E-state index contributed by atoms with van der Waals surface area (Å²) in [7, 11) is 1.88. The summed E-state index contributed by atoms with van der Waals surface area (Å²) in [5.74, 6) is 0.594. The van der Waals surface area contributed by atoms with Crippen molar-refractivity contribution in [2.75, 3.05) is 0 Å². The predicted octanol–water partition coefficient (Wildman–Crippen LogP) is 3.43. The van der Waals surface area contributed by atoms with E-state index in [9.17, 15) is 4.79 Å². The average molecular weight is 336 g/mol. The van der Waals surface area contributed by atoms with Gasteiger partial charge in [-0.25, -0.2) is 4.79 Å². The van der Waals surface area contributed by atoms with Gasteiger partial charge >= 0.3 is 5.63 Å². The standard InChI is InChI=1S/C15H14ClN3O2S/c1-3-9-4-13-11(6-12(9)16)10(5-14(20)21-13)7-22-15-18-17-8-19(15)2/h4-6,8H,3,7H2,1-2H3. The van der Waals surface area contributed by atoms with Crippen LogP contribution in [0.2, 0.25) is 5.02 Å². The third kappa shape index (κ3) is 2.89. The molecule has 0 fully saturated rings. The topological polar surface area (TPSA) is 60.9 Å². The Morgan fingerprint density at radius 2 is 2.14 bits per heavy atom. The molecule has 22 heavy (non-hydrogen) atoms. The lowest BCUT2D eigenvalue weighted by Gasteiger charge is -2.08. The van der Waals surface area contributed by atoms with Crippen molar-refractivity contribution in [3.8, 4) is 0 Å². The van der Waals surface area contributed by atoms with E-state index in [-0.39, 0.29) is 5.63 Å². The molecule has 0 aliphatic rings. The lowest BCUT2D eigenvalue weighted by atomic mass is 10.1. The minimum atomic E-state index is -0.356. The maximum absolute atomic E-state index is 11.8. The number of benzene rings is 1. The molecule has 0 aliphatic carbocycles. The molecule has 0 atom stereocenters. The highest BCUT2D eigenvalue weighted by Crippen LogP contribution is 2.29. The molecule has 7 heteroatoms. The molecular formula is C15H14ClN3O2S. The van der Waals surface area contributed by atoms with Crippen molar-refractivity contribution in [2.24, 2.45) is 7.05 Å². The fourth-order valence-corrected chi connectivity index (χ4v) is 3.40. The molecule has 0 aliphatic heterocycles. The average Bonchev–Trinajstić information content (AvgIpc) is 2.90. The van der Waals surface area contributed by atoms with Gasteiger partial charge in [-0.15, -0.1) is 10.2 Å². The van der Waals surface area contributed by atoms with E-state index >= 15 is 0 Å². The minimum absolute atomic E-state index is 0.356. The Hall–Kier alpha value is -1.79.